The van der Waals surface area contributed by atoms with E-state index in [1.54, 1.807) is 58.0 Å². The summed E-state index contributed by atoms with van der Waals surface area (Å²) in [7, 11) is -4.12. The number of nitrogens with one attached hydrogen (secondary N) is 2. The highest BCUT2D eigenvalue weighted by Crippen LogP contribution is 2.48. The molecule has 1 aliphatic rings. The molecule has 2 heterocycles. The Kier molecular flexibility index (Phi) is 9.28. The van der Waals surface area contributed by atoms with E-state index < -0.39 is 66.3 Å². The summed E-state index contributed by atoms with van der Waals surface area (Å²) in [5.41, 5.74) is -2.09. The molecule has 0 radical (unpaired) electrons. The maximum absolute atomic E-state index is 13.7. The van der Waals surface area contributed by atoms with Crippen LogP contribution in [-0.4, -0.2) is 57.0 Å². The van der Waals surface area contributed by atoms with Gasteiger partial charge in [0.15, 0.2) is 6.23 Å². The minimum Gasteiger partial charge on any atom is -0.464 e. The van der Waals surface area contributed by atoms with Crippen molar-refractivity contribution >= 4 is 25.3 Å². The first kappa shape index (κ1) is 30.1. The Bertz CT molecular complexity index is 1280. The molecule has 0 saturated carbocycles. The van der Waals surface area contributed by atoms with Crippen LogP contribution < -0.4 is 20.9 Å². The van der Waals surface area contributed by atoms with Gasteiger partial charge in [0.25, 0.3) is 5.56 Å². The van der Waals surface area contributed by atoms with Crippen molar-refractivity contribution in [3.63, 3.8) is 0 Å². The van der Waals surface area contributed by atoms with Gasteiger partial charge >= 0.3 is 19.4 Å². The zero-order valence-corrected chi connectivity index (χ0v) is 23.4. The van der Waals surface area contributed by atoms with Crippen molar-refractivity contribution in [1.29, 1.82) is 0 Å². The second kappa shape index (κ2) is 11.7. The highest BCUT2D eigenvalue weighted by molar-refractivity contribution is 7.52. The van der Waals surface area contributed by atoms with Crippen LogP contribution in [-0.2, 0) is 23.4 Å². The summed E-state index contributed by atoms with van der Waals surface area (Å²) in [5, 5.41) is 13.6. The SMILES string of the molecule is C[C@@H](COC(=O)C(C)(C)C)NP(=O)(OC[C@H]1O[C@@H](n2ccc(=O)[nH]c2=O)[C@@](C)(Cl)[C@@H]1O)Oc1ccccc1. The molecule has 3 N–H and O–H groups in total. The van der Waals surface area contributed by atoms with Gasteiger partial charge in [0.1, 0.15) is 29.4 Å². The molecule has 1 aromatic carbocycles. The van der Waals surface area contributed by atoms with Crippen molar-refractivity contribution in [2.75, 3.05) is 13.2 Å². The fraction of sp³-hybridized carbons (Fsp3) is 0.542. The summed E-state index contributed by atoms with van der Waals surface area (Å²) in [4.78, 5) is 36.5. The van der Waals surface area contributed by atoms with Gasteiger partial charge in [0, 0.05) is 18.3 Å². The molecule has 210 valence electrons. The van der Waals surface area contributed by atoms with Gasteiger partial charge in [-0.05, 0) is 46.8 Å². The number of aromatic amines is 1. The average Bonchev–Trinajstić information content (AvgIpc) is 3.04. The maximum Gasteiger partial charge on any atom is 0.459 e. The van der Waals surface area contributed by atoms with Gasteiger partial charge in [-0.25, -0.2) is 14.4 Å². The first-order chi connectivity index (χ1) is 17.6. The lowest BCUT2D eigenvalue weighted by Gasteiger charge is -2.27. The molecule has 1 aromatic heterocycles. The lowest BCUT2D eigenvalue weighted by Crippen LogP contribution is -2.43. The van der Waals surface area contributed by atoms with Crippen molar-refractivity contribution < 1.29 is 33.0 Å². The number of alkyl halides is 1. The molecule has 0 aliphatic carbocycles. The molecule has 38 heavy (non-hydrogen) atoms. The van der Waals surface area contributed by atoms with Gasteiger partial charge in [-0.1, -0.05) is 18.2 Å². The Morgan fingerprint density at radius 1 is 1.29 bits per heavy atom. The molecule has 1 fully saturated rings. The predicted molar refractivity (Wildman–Crippen MR) is 139 cm³/mol. The van der Waals surface area contributed by atoms with Crippen molar-refractivity contribution in [2.24, 2.45) is 5.41 Å². The zero-order valence-electron chi connectivity index (χ0n) is 21.8. The summed E-state index contributed by atoms with van der Waals surface area (Å²) in [6, 6.07) is 8.76. The minimum absolute atomic E-state index is 0.110. The predicted octanol–water partition coefficient (Wildman–Crippen LogP) is 2.56. The summed E-state index contributed by atoms with van der Waals surface area (Å²) < 4.78 is 37.2. The number of carbonyl (C=O) groups is 1. The number of aliphatic hydroxyl groups is 1. The van der Waals surface area contributed by atoms with Crippen LogP contribution >= 0.6 is 19.3 Å². The Hall–Kier alpha value is -2.47. The van der Waals surface area contributed by atoms with E-state index in [2.05, 4.69) is 10.1 Å². The Morgan fingerprint density at radius 2 is 1.95 bits per heavy atom. The molecule has 0 bridgehead atoms. The van der Waals surface area contributed by atoms with E-state index in [9.17, 15) is 24.1 Å². The first-order valence-corrected chi connectivity index (χ1v) is 13.8. The van der Waals surface area contributed by atoms with Gasteiger partial charge in [0.2, 0.25) is 0 Å². The number of hydrogen-bond donors (Lipinski definition) is 3. The number of rotatable bonds is 10. The van der Waals surface area contributed by atoms with E-state index in [1.807, 2.05) is 0 Å². The number of aromatic nitrogens is 2. The molecule has 1 aliphatic heterocycles. The number of nitrogens with zero attached hydrogens (tertiary/aromatic N) is 1. The monoisotopic (exact) mass is 573 g/mol. The molecular formula is C24H33ClN3O9P. The van der Waals surface area contributed by atoms with E-state index in [1.165, 1.54) is 13.1 Å². The zero-order chi connectivity index (χ0) is 28.3. The summed E-state index contributed by atoms with van der Waals surface area (Å²) in [5.74, 6) is -0.187. The Labute approximate surface area is 224 Å². The normalized spacial score (nSPS) is 25.9. The van der Waals surface area contributed by atoms with Gasteiger partial charge in [-0.3, -0.25) is 23.7 Å². The quantitative estimate of drug-likeness (QED) is 0.219. The van der Waals surface area contributed by atoms with Crippen molar-refractivity contribution in [3.8, 4) is 5.75 Å². The van der Waals surface area contributed by atoms with Crippen molar-refractivity contribution in [1.82, 2.24) is 14.6 Å². The number of halogens is 1. The molecule has 3 rings (SSSR count). The summed E-state index contributed by atoms with van der Waals surface area (Å²) in [6.45, 7) is 7.69. The molecule has 6 atom stereocenters. The van der Waals surface area contributed by atoms with E-state index in [4.69, 9.17) is 30.1 Å². The van der Waals surface area contributed by atoms with Crippen LogP contribution in [0.5, 0.6) is 5.75 Å². The van der Waals surface area contributed by atoms with Crippen LogP contribution in [0.1, 0.15) is 40.8 Å². The van der Waals surface area contributed by atoms with E-state index in [0.29, 0.717) is 0 Å². The summed E-state index contributed by atoms with van der Waals surface area (Å²) >= 11 is 6.55. The van der Waals surface area contributed by atoms with Gasteiger partial charge < -0.3 is 19.1 Å². The van der Waals surface area contributed by atoms with Crippen molar-refractivity contribution in [3.05, 3.63) is 63.4 Å². The third-order valence-electron chi connectivity index (χ3n) is 5.65. The average molecular weight is 574 g/mol. The fourth-order valence-corrected chi connectivity index (χ4v) is 5.40. The molecule has 14 heteroatoms. The van der Waals surface area contributed by atoms with Crippen LogP contribution in [0.2, 0.25) is 0 Å². The highest BCUT2D eigenvalue weighted by atomic mass is 35.5. The molecule has 1 unspecified atom stereocenters. The maximum atomic E-state index is 13.7. The first-order valence-electron chi connectivity index (χ1n) is 11.9. The fourth-order valence-electron chi connectivity index (χ4n) is 3.57. The number of para-hydroxylation sites is 1. The Morgan fingerprint density at radius 3 is 2.55 bits per heavy atom. The molecule has 0 amide bonds. The number of esters is 1. The lowest BCUT2D eigenvalue weighted by molar-refractivity contribution is -0.153. The number of benzene rings is 1. The smallest absolute Gasteiger partial charge is 0.459 e. The van der Waals surface area contributed by atoms with E-state index in [0.717, 1.165) is 10.6 Å². The molecular weight excluding hydrogens is 541 g/mol. The number of carbonyl (C=O) groups excluding carboxylic acids is 1. The van der Waals surface area contributed by atoms with E-state index in [-0.39, 0.29) is 12.4 Å². The van der Waals surface area contributed by atoms with Crippen LogP contribution in [0.15, 0.2) is 52.2 Å². The van der Waals surface area contributed by atoms with Gasteiger partial charge in [-0.2, -0.15) is 0 Å². The topological polar surface area (TPSA) is 158 Å². The second-order valence-corrected chi connectivity index (χ2v) is 12.7. The standard InChI is InChI=1S/C24H33ClN3O9P/c1-15(13-34-21(31)23(2,3)4)27-38(33,37-16-9-7-6-8-10-16)35-14-17-19(30)24(5,25)20(36-17)28-12-11-18(29)26-22(28)32/h6-12,15,17,19-20,30H,13-14H2,1-5H3,(H,27,33)(H,26,29,32)/t15-,17+,19+,20+,24-,38?/m0/s1. The third-order valence-corrected chi connectivity index (χ3v) is 7.76. The Balaban J connectivity index is 1.75. The number of ether oxygens (including phenoxy) is 2. The second-order valence-electron chi connectivity index (χ2n) is 10.2. The number of hydrogen-bond acceptors (Lipinski definition) is 9. The van der Waals surface area contributed by atoms with Crippen LogP contribution in [0, 0.1) is 5.41 Å². The highest BCUT2D eigenvalue weighted by Gasteiger charge is 2.54. The van der Waals surface area contributed by atoms with Crippen LogP contribution in [0.4, 0.5) is 0 Å². The third kappa shape index (κ3) is 7.34. The van der Waals surface area contributed by atoms with Gasteiger partial charge in [-0.15, -0.1) is 11.6 Å². The van der Waals surface area contributed by atoms with Crippen molar-refractivity contribution in [2.45, 2.75) is 64.0 Å². The van der Waals surface area contributed by atoms with E-state index >= 15 is 0 Å². The number of aliphatic hydroxyl groups excluding tert-OH is 1. The molecule has 12 nitrogen and oxygen atoms in total. The largest absolute Gasteiger partial charge is 0.464 e. The molecule has 2 aromatic rings. The van der Waals surface area contributed by atoms with Crippen LogP contribution in [0.25, 0.3) is 0 Å². The lowest BCUT2D eigenvalue weighted by atomic mass is 9.97. The molecule has 1 saturated heterocycles. The number of H-pyrrole nitrogens is 1. The minimum atomic E-state index is -4.12. The summed E-state index contributed by atoms with van der Waals surface area (Å²) in [6.07, 6.45) is -2.45. The van der Waals surface area contributed by atoms with Gasteiger partial charge in [0.05, 0.1) is 12.0 Å². The molecule has 0 spiro atoms. The van der Waals surface area contributed by atoms with Crippen LogP contribution in [0.3, 0.4) is 0 Å².